The van der Waals surface area contributed by atoms with Crippen LogP contribution in [0.4, 0.5) is 14.6 Å². The molecule has 15 heavy (non-hydrogen) atoms. The van der Waals surface area contributed by atoms with Gasteiger partial charge in [0.05, 0.1) is 0 Å². The minimum absolute atomic E-state index is 0.175. The molecule has 2 nitrogen and oxygen atoms in total. The lowest BCUT2D eigenvalue weighted by Gasteiger charge is -2.08. The first-order valence-corrected chi connectivity index (χ1v) is 5.77. The van der Waals surface area contributed by atoms with Gasteiger partial charge in [0.15, 0.2) is 17.5 Å². The van der Waals surface area contributed by atoms with Crippen LogP contribution in [-0.4, -0.2) is 10.7 Å². The molecule has 0 saturated heterocycles. The van der Waals surface area contributed by atoms with Crippen molar-refractivity contribution in [2.75, 3.05) is 11.5 Å². The highest BCUT2D eigenvalue weighted by molar-refractivity contribution is 7.99. The molecular formula is C10H14F2N2S. The van der Waals surface area contributed by atoms with E-state index in [2.05, 4.69) is 18.8 Å². The molecule has 5 heteroatoms. The first kappa shape index (κ1) is 12.2. The van der Waals surface area contributed by atoms with Gasteiger partial charge >= 0.3 is 0 Å². The molecule has 1 aromatic rings. The number of anilines is 1. The number of rotatable bonds is 4. The summed E-state index contributed by atoms with van der Waals surface area (Å²) in [6.45, 7) is 4.13. The van der Waals surface area contributed by atoms with Crippen molar-refractivity contribution in [3.8, 4) is 0 Å². The molecule has 1 heterocycles. The Labute approximate surface area is 92.3 Å². The van der Waals surface area contributed by atoms with Gasteiger partial charge in [-0.3, -0.25) is 0 Å². The van der Waals surface area contributed by atoms with Crippen LogP contribution in [-0.2, 0) is 0 Å². The van der Waals surface area contributed by atoms with E-state index in [4.69, 9.17) is 5.73 Å². The number of halogens is 2. The second-order valence-electron chi connectivity index (χ2n) is 3.47. The van der Waals surface area contributed by atoms with E-state index in [1.807, 2.05) is 0 Å². The molecule has 0 radical (unpaired) electrons. The lowest BCUT2D eigenvalue weighted by Crippen LogP contribution is -2.01. The van der Waals surface area contributed by atoms with Gasteiger partial charge < -0.3 is 5.73 Å². The summed E-state index contributed by atoms with van der Waals surface area (Å²) in [6, 6.07) is 0.779. The Morgan fingerprint density at radius 1 is 1.47 bits per heavy atom. The molecule has 0 aliphatic rings. The molecule has 1 aromatic heterocycles. The lowest BCUT2D eigenvalue weighted by molar-refractivity contribution is 0.551. The van der Waals surface area contributed by atoms with Crippen molar-refractivity contribution >= 4 is 17.6 Å². The summed E-state index contributed by atoms with van der Waals surface area (Å²) in [5.74, 6) is -0.466. The molecular weight excluding hydrogens is 218 g/mol. The fourth-order valence-corrected chi connectivity index (χ4v) is 1.94. The van der Waals surface area contributed by atoms with Crippen molar-refractivity contribution in [1.82, 2.24) is 4.98 Å². The standard InChI is InChI=1S/C10H14F2N2S/c1-3-6(2)5-15-10-8(12)4-7(11)9(13)14-10/h4,6H,3,5H2,1-2H3,(H2,13,14). The normalized spacial score (nSPS) is 12.8. The van der Waals surface area contributed by atoms with Gasteiger partial charge in [-0.2, -0.15) is 0 Å². The summed E-state index contributed by atoms with van der Waals surface area (Å²) in [7, 11) is 0. The zero-order valence-electron chi connectivity index (χ0n) is 8.76. The van der Waals surface area contributed by atoms with Crippen molar-refractivity contribution < 1.29 is 8.78 Å². The number of aromatic nitrogens is 1. The van der Waals surface area contributed by atoms with Crippen molar-refractivity contribution in [3.63, 3.8) is 0 Å². The molecule has 84 valence electrons. The monoisotopic (exact) mass is 232 g/mol. The maximum atomic E-state index is 13.2. The van der Waals surface area contributed by atoms with Gasteiger partial charge in [-0.15, -0.1) is 11.8 Å². The summed E-state index contributed by atoms with van der Waals surface area (Å²) in [4.78, 5) is 3.67. The van der Waals surface area contributed by atoms with Crippen molar-refractivity contribution in [1.29, 1.82) is 0 Å². The minimum Gasteiger partial charge on any atom is -0.381 e. The van der Waals surface area contributed by atoms with E-state index >= 15 is 0 Å². The Kier molecular flexibility index (Phi) is 4.32. The number of pyridine rings is 1. The van der Waals surface area contributed by atoms with Gasteiger partial charge in [0.2, 0.25) is 0 Å². The molecule has 0 aliphatic carbocycles. The summed E-state index contributed by atoms with van der Waals surface area (Å²) in [5, 5.41) is 0.175. The summed E-state index contributed by atoms with van der Waals surface area (Å²) < 4.78 is 26.0. The SMILES string of the molecule is CCC(C)CSc1nc(N)c(F)cc1F. The van der Waals surface area contributed by atoms with Crippen LogP contribution in [0, 0.1) is 17.6 Å². The molecule has 0 fully saturated rings. The van der Waals surface area contributed by atoms with E-state index in [0.717, 1.165) is 18.2 Å². The van der Waals surface area contributed by atoms with E-state index in [-0.39, 0.29) is 10.8 Å². The van der Waals surface area contributed by atoms with Crippen LogP contribution >= 0.6 is 11.8 Å². The Bertz CT molecular complexity index is 344. The van der Waals surface area contributed by atoms with Gasteiger partial charge in [-0.05, 0) is 5.92 Å². The summed E-state index contributed by atoms with van der Waals surface area (Å²) in [5.41, 5.74) is 5.26. The highest BCUT2D eigenvalue weighted by Crippen LogP contribution is 2.24. The third-order valence-corrected chi connectivity index (χ3v) is 3.42. The van der Waals surface area contributed by atoms with Gasteiger partial charge in [-0.25, -0.2) is 13.8 Å². The number of nitrogens with two attached hydrogens (primary N) is 1. The zero-order chi connectivity index (χ0) is 11.4. The fraction of sp³-hybridized carbons (Fsp3) is 0.500. The molecule has 0 aromatic carbocycles. The summed E-state index contributed by atoms with van der Waals surface area (Å²) >= 11 is 1.27. The average molecular weight is 232 g/mol. The number of nitrogens with zero attached hydrogens (tertiary/aromatic N) is 1. The zero-order valence-corrected chi connectivity index (χ0v) is 9.57. The number of nitrogen functional groups attached to an aromatic ring is 1. The largest absolute Gasteiger partial charge is 0.381 e. The van der Waals surface area contributed by atoms with Crippen LogP contribution in [0.2, 0.25) is 0 Å². The lowest BCUT2D eigenvalue weighted by atomic mass is 10.2. The first-order valence-electron chi connectivity index (χ1n) is 4.78. The highest BCUT2D eigenvalue weighted by Gasteiger charge is 2.11. The third kappa shape index (κ3) is 3.34. The molecule has 0 spiro atoms. The smallest absolute Gasteiger partial charge is 0.168 e. The van der Waals surface area contributed by atoms with Crippen molar-refractivity contribution in [3.05, 3.63) is 17.7 Å². The molecule has 1 rings (SSSR count). The van der Waals surface area contributed by atoms with Crippen LogP contribution in [0.15, 0.2) is 11.1 Å². The second kappa shape index (κ2) is 5.30. The molecule has 0 bridgehead atoms. The van der Waals surface area contributed by atoms with E-state index in [9.17, 15) is 8.78 Å². The Morgan fingerprint density at radius 3 is 2.73 bits per heavy atom. The van der Waals surface area contributed by atoms with Gasteiger partial charge in [0, 0.05) is 11.8 Å². The maximum absolute atomic E-state index is 13.2. The van der Waals surface area contributed by atoms with E-state index in [1.165, 1.54) is 11.8 Å². The first-order chi connectivity index (χ1) is 7.04. The predicted octanol–water partition coefficient (Wildman–Crippen LogP) is 3.08. The van der Waals surface area contributed by atoms with Gasteiger partial charge in [0.1, 0.15) is 5.03 Å². The molecule has 1 atom stereocenters. The number of hydrogen-bond donors (Lipinski definition) is 1. The van der Waals surface area contributed by atoms with Crippen LogP contribution in [0.1, 0.15) is 20.3 Å². The average Bonchev–Trinajstić information content (AvgIpc) is 2.21. The third-order valence-electron chi connectivity index (χ3n) is 2.13. The fourth-order valence-electron chi connectivity index (χ4n) is 0.903. The quantitative estimate of drug-likeness (QED) is 0.811. The molecule has 0 aliphatic heterocycles. The van der Waals surface area contributed by atoms with Crippen LogP contribution in [0.25, 0.3) is 0 Å². The maximum Gasteiger partial charge on any atom is 0.168 e. The Balaban J connectivity index is 2.73. The molecule has 1 unspecified atom stereocenters. The van der Waals surface area contributed by atoms with Crippen LogP contribution in [0.5, 0.6) is 0 Å². The molecule has 0 saturated carbocycles. The Hall–Kier alpha value is -0.840. The van der Waals surface area contributed by atoms with E-state index in [1.54, 1.807) is 0 Å². The molecule has 0 amide bonds. The molecule has 2 N–H and O–H groups in total. The van der Waals surface area contributed by atoms with Crippen molar-refractivity contribution in [2.45, 2.75) is 25.3 Å². The van der Waals surface area contributed by atoms with Crippen LogP contribution < -0.4 is 5.73 Å². The Morgan fingerprint density at radius 2 is 2.13 bits per heavy atom. The second-order valence-corrected chi connectivity index (χ2v) is 4.48. The van der Waals surface area contributed by atoms with E-state index < -0.39 is 11.6 Å². The highest BCUT2D eigenvalue weighted by atomic mass is 32.2. The number of thioether (sulfide) groups is 1. The van der Waals surface area contributed by atoms with Crippen molar-refractivity contribution in [2.24, 2.45) is 5.92 Å². The topological polar surface area (TPSA) is 38.9 Å². The van der Waals surface area contributed by atoms with Crippen LogP contribution in [0.3, 0.4) is 0 Å². The van der Waals surface area contributed by atoms with Gasteiger partial charge in [0.25, 0.3) is 0 Å². The summed E-state index contributed by atoms with van der Waals surface area (Å²) in [6.07, 6.45) is 1.02. The predicted molar refractivity (Wildman–Crippen MR) is 58.7 cm³/mol. The minimum atomic E-state index is -0.805. The number of hydrogen-bond acceptors (Lipinski definition) is 3. The van der Waals surface area contributed by atoms with Gasteiger partial charge in [-0.1, -0.05) is 20.3 Å². The van der Waals surface area contributed by atoms with E-state index in [0.29, 0.717) is 5.92 Å².